The van der Waals surface area contributed by atoms with Gasteiger partial charge >= 0.3 is 0 Å². The molecule has 0 aliphatic rings. The van der Waals surface area contributed by atoms with E-state index in [2.05, 4.69) is 15.9 Å². The molecular formula is C10H12BrF2NO. The Bertz CT molecular complexity index is 369. The molecule has 0 amide bonds. The molecule has 1 aromatic rings. The molecule has 0 spiro atoms. The average molecular weight is 280 g/mol. The minimum atomic E-state index is -1.00. The molecule has 1 rings (SSSR count). The van der Waals surface area contributed by atoms with Crippen molar-refractivity contribution >= 4 is 15.9 Å². The molecule has 3 N–H and O–H groups in total. The maximum Gasteiger partial charge on any atom is 0.140 e. The zero-order chi connectivity index (χ0) is 11.6. The van der Waals surface area contributed by atoms with Crippen molar-refractivity contribution in [2.24, 2.45) is 5.73 Å². The third-order valence-corrected chi connectivity index (χ3v) is 2.86. The van der Waals surface area contributed by atoms with Gasteiger partial charge in [-0.05, 0) is 35.3 Å². The lowest BCUT2D eigenvalue weighted by atomic mass is 9.90. The fourth-order valence-electron chi connectivity index (χ4n) is 1.33. The molecule has 2 nitrogen and oxygen atoms in total. The number of aliphatic hydroxyl groups excluding tert-OH is 1. The number of rotatable bonds is 3. The van der Waals surface area contributed by atoms with Crippen LogP contribution >= 0.6 is 15.9 Å². The van der Waals surface area contributed by atoms with Gasteiger partial charge in [-0.1, -0.05) is 0 Å². The van der Waals surface area contributed by atoms with Crippen LogP contribution in [0.5, 0.6) is 0 Å². The van der Waals surface area contributed by atoms with Gasteiger partial charge in [-0.25, -0.2) is 8.78 Å². The molecule has 84 valence electrons. The van der Waals surface area contributed by atoms with Crippen LogP contribution in [-0.4, -0.2) is 11.7 Å². The first-order valence-electron chi connectivity index (χ1n) is 4.43. The minimum Gasteiger partial charge on any atom is -0.396 e. The quantitative estimate of drug-likeness (QED) is 0.834. The molecule has 0 heterocycles. The van der Waals surface area contributed by atoms with E-state index in [4.69, 9.17) is 10.8 Å². The van der Waals surface area contributed by atoms with Crippen LogP contribution in [0, 0.1) is 11.6 Å². The van der Waals surface area contributed by atoms with Crippen LogP contribution in [0.2, 0.25) is 0 Å². The van der Waals surface area contributed by atoms with Crippen LogP contribution in [0.3, 0.4) is 0 Å². The fourth-order valence-corrected chi connectivity index (χ4v) is 1.67. The Morgan fingerprint density at radius 2 is 2.00 bits per heavy atom. The highest BCUT2D eigenvalue weighted by molar-refractivity contribution is 9.10. The monoisotopic (exact) mass is 279 g/mol. The van der Waals surface area contributed by atoms with Crippen LogP contribution in [0.4, 0.5) is 8.78 Å². The molecule has 0 saturated carbocycles. The highest BCUT2D eigenvalue weighted by Crippen LogP contribution is 2.28. The van der Waals surface area contributed by atoms with E-state index in [0.717, 1.165) is 6.07 Å². The summed E-state index contributed by atoms with van der Waals surface area (Å²) < 4.78 is 26.5. The van der Waals surface area contributed by atoms with Gasteiger partial charge in [-0.3, -0.25) is 0 Å². The Balaban J connectivity index is 3.19. The Kier molecular flexibility index (Phi) is 3.81. The van der Waals surface area contributed by atoms with E-state index < -0.39 is 17.2 Å². The average Bonchev–Trinajstić information content (AvgIpc) is 2.11. The Morgan fingerprint density at radius 3 is 2.53 bits per heavy atom. The number of hydrogen-bond acceptors (Lipinski definition) is 2. The number of benzene rings is 1. The summed E-state index contributed by atoms with van der Waals surface area (Å²) in [5.74, 6) is -1.37. The maximum atomic E-state index is 13.4. The molecule has 1 atom stereocenters. The summed E-state index contributed by atoms with van der Waals surface area (Å²) in [5.41, 5.74) is 5.01. The molecule has 0 aliphatic carbocycles. The molecule has 0 fully saturated rings. The third kappa shape index (κ3) is 2.74. The van der Waals surface area contributed by atoms with Crippen molar-refractivity contribution in [2.45, 2.75) is 18.9 Å². The van der Waals surface area contributed by atoms with Crippen LogP contribution in [-0.2, 0) is 5.54 Å². The van der Waals surface area contributed by atoms with E-state index in [1.165, 1.54) is 6.07 Å². The lowest BCUT2D eigenvalue weighted by Crippen LogP contribution is -2.35. The van der Waals surface area contributed by atoms with Crippen LogP contribution in [0.15, 0.2) is 16.6 Å². The van der Waals surface area contributed by atoms with Crippen LogP contribution in [0.1, 0.15) is 18.9 Å². The van der Waals surface area contributed by atoms with Gasteiger partial charge in [0, 0.05) is 23.8 Å². The van der Waals surface area contributed by atoms with E-state index in [1.807, 2.05) is 0 Å². The Morgan fingerprint density at radius 1 is 1.40 bits per heavy atom. The van der Waals surface area contributed by atoms with Crippen LogP contribution < -0.4 is 5.73 Å². The van der Waals surface area contributed by atoms with E-state index >= 15 is 0 Å². The summed E-state index contributed by atoms with van der Waals surface area (Å²) in [4.78, 5) is 0. The van der Waals surface area contributed by atoms with Crippen molar-refractivity contribution in [3.8, 4) is 0 Å². The molecule has 0 radical (unpaired) electrons. The molecule has 0 bridgehead atoms. The number of halogens is 3. The highest BCUT2D eigenvalue weighted by atomic mass is 79.9. The molecule has 15 heavy (non-hydrogen) atoms. The minimum absolute atomic E-state index is 0.151. The van der Waals surface area contributed by atoms with Gasteiger partial charge in [0.25, 0.3) is 0 Å². The molecule has 5 heteroatoms. The van der Waals surface area contributed by atoms with Gasteiger partial charge in [-0.15, -0.1) is 0 Å². The fraction of sp³-hybridized carbons (Fsp3) is 0.400. The zero-order valence-corrected chi connectivity index (χ0v) is 9.81. The molecule has 1 aromatic carbocycles. The highest BCUT2D eigenvalue weighted by Gasteiger charge is 2.25. The second-order valence-corrected chi connectivity index (χ2v) is 4.49. The summed E-state index contributed by atoms with van der Waals surface area (Å²) in [5, 5.41) is 8.79. The summed E-state index contributed by atoms with van der Waals surface area (Å²) in [6.45, 7) is 1.44. The van der Waals surface area contributed by atoms with Crippen molar-refractivity contribution in [3.05, 3.63) is 33.8 Å². The number of hydrogen-bond donors (Lipinski definition) is 2. The maximum absolute atomic E-state index is 13.4. The van der Waals surface area contributed by atoms with Gasteiger partial charge in [0.05, 0.1) is 4.47 Å². The predicted octanol–water partition coefficient (Wildman–Crippen LogP) is 2.28. The van der Waals surface area contributed by atoms with E-state index in [1.54, 1.807) is 6.92 Å². The molecule has 0 aromatic heterocycles. The predicted molar refractivity (Wildman–Crippen MR) is 57.3 cm³/mol. The van der Waals surface area contributed by atoms with Gasteiger partial charge in [0.15, 0.2) is 0 Å². The smallest absolute Gasteiger partial charge is 0.140 e. The van der Waals surface area contributed by atoms with Crippen LogP contribution in [0.25, 0.3) is 0 Å². The Hall–Kier alpha value is -0.520. The summed E-state index contributed by atoms with van der Waals surface area (Å²) in [6.07, 6.45) is 0.210. The molecule has 0 unspecified atom stereocenters. The molecular weight excluding hydrogens is 268 g/mol. The second-order valence-electron chi connectivity index (χ2n) is 3.64. The second kappa shape index (κ2) is 4.55. The first-order valence-corrected chi connectivity index (χ1v) is 5.22. The lowest BCUT2D eigenvalue weighted by Gasteiger charge is -2.25. The van der Waals surface area contributed by atoms with E-state index in [0.29, 0.717) is 0 Å². The SMILES string of the molecule is C[C@](N)(CCO)c1cc(Br)c(F)cc1F. The standard InChI is InChI=1S/C10H12BrF2NO/c1-10(14,2-3-15)6-4-7(11)9(13)5-8(6)12/h4-5,15H,2-3,14H2,1H3/t10-/m0/s1. The van der Waals surface area contributed by atoms with E-state index in [-0.39, 0.29) is 23.1 Å². The summed E-state index contributed by atoms with van der Waals surface area (Å²) in [6, 6.07) is 2.09. The first kappa shape index (κ1) is 12.5. The topological polar surface area (TPSA) is 46.2 Å². The van der Waals surface area contributed by atoms with Crippen molar-refractivity contribution in [1.29, 1.82) is 0 Å². The molecule has 0 saturated heterocycles. The van der Waals surface area contributed by atoms with Gasteiger partial charge in [-0.2, -0.15) is 0 Å². The molecule has 0 aliphatic heterocycles. The normalized spacial score (nSPS) is 15.1. The van der Waals surface area contributed by atoms with Crippen molar-refractivity contribution in [3.63, 3.8) is 0 Å². The summed E-state index contributed by atoms with van der Waals surface area (Å²) >= 11 is 2.96. The van der Waals surface area contributed by atoms with Crippen molar-refractivity contribution in [1.82, 2.24) is 0 Å². The van der Waals surface area contributed by atoms with E-state index in [9.17, 15) is 8.78 Å². The zero-order valence-electron chi connectivity index (χ0n) is 8.23. The Labute approximate surface area is 95.2 Å². The van der Waals surface area contributed by atoms with Crippen molar-refractivity contribution < 1.29 is 13.9 Å². The first-order chi connectivity index (χ1) is 6.88. The largest absolute Gasteiger partial charge is 0.396 e. The lowest BCUT2D eigenvalue weighted by molar-refractivity contribution is 0.244. The number of nitrogens with two attached hydrogens (primary N) is 1. The van der Waals surface area contributed by atoms with Gasteiger partial charge in [0.1, 0.15) is 11.6 Å². The van der Waals surface area contributed by atoms with Gasteiger partial charge < -0.3 is 10.8 Å². The van der Waals surface area contributed by atoms with Crippen molar-refractivity contribution in [2.75, 3.05) is 6.61 Å². The summed E-state index contributed by atoms with van der Waals surface area (Å²) in [7, 11) is 0. The van der Waals surface area contributed by atoms with Gasteiger partial charge in [0.2, 0.25) is 0 Å². The number of aliphatic hydroxyl groups is 1. The third-order valence-electron chi connectivity index (χ3n) is 2.26.